The van der Waals surface area contributed by atoms with Crippen molar-refractivity contribution in [3.8, 4) is 0 Å². The van der Waals surface area contributed by atoms with E-state index in [1.54, 1.807) is 0 Å². The summed E-state index contributed by atoms with van der Waals surface area (Å²) in [6.07, 6.45) is 0.305. The Balaban J connectivity index is 1.58. The number of thiocarbonyl (C=S) groups is 1. The molecule has 2 amide bonds. The molecule has 1 aliphatic rings. The van der Waals surface area contributed by atoms with E-state index in [0.29, 0.717) is 10.7 Å². The van der Waals surface area contributed by atoms with E-state index in [1.165, 1.54) is 16.7 Å². The highest BCUT2D eigenvalue weighted by atomic mass is 32.2. The Morgan fingerprint density at radius 1 is 1.08 bits per heavy atom. The summed E-state index contributed by atoms with van der Waals surface area (Å²) in [5.41, 5.74) is 1.71. The van der Waals surface area contributed by atoms with Gasteiger partial charge in [0.1, 0.15) is 9.57 Å². The van der Waals surface area contributed by atoms with E-state index in [1.807, 2.05) is 60.7 Å². The van der Waals surface area contributed by atoms with E-state index in [0.717, 1.165) is 11.3 Å². The van der Waals surface area contributed by atoms with Gasteiger partial charge in [0.25, 0.3) is 0 Å². The maximum absolute atomic E-state index is 12.6. The first kappa shape index (κ1) is 16.7. The largest absolute Gasteiger partial charge is 0.354 e. The van der Waals surface area contributed by atoms with E-state index in [-0.39, 0.29) is 23.6 Å². The smallest absolute Gasteiger partial charge is 0.247 e. The molecule has 1 atom stereocenters. The van der Waals surface area contributed by atoms with Crippen molar-refractivity contribution < 1.29 is 9.59 Å². The van der Waals surface area contributed by atoms with Gasteiger partial charge in [0, 0.05) is 6.54 Å². The van der Waals surface area contributed by atoms with Crippen molar-refractivity contribution >= 4 is 45.8 Å². The SMILES string of the molecule is O=C(Cc1ccccc1)NCC1SC(=S)N(c2ccccc2)C1=O. The summed E-state index contributed by atoms with van der Waals surface area (Å²) in [5.74, 6) is -0.185. The maximum Gasteiger partial charge on any atom is 0.247 e. The molecule has 0 saturated carbocycles. The minimum absolute atomic E-state index is 0.0868. The first-order valence-corrected chi connectivity index (χ1v) is 8.84. The van der Waals surface area contributed by atoms with Crippen molar-refractivity contribution in [3.63, 3.8) is 0 Å². The minimum Gasteiger partial charge on any atom is -0.354 e. The lowest BCUT2D eigenvalue weighted by molar-refractivity contribution is -0.120. The quantitative estimate of drug-likeness (QED) is 0.837. The second kappa shape index (κ2) is 7.59. The van der Waals surface area contributed by atoms with Crippen LogP contribution in [0.3, 0.4) is 0 Å². The van der Waals surface area contributed by atoms with Gasteiger partial charge in [-0.1, -0.05) is 72.5 Å². The number of amides is 2. The summed E-state index contributed by atoms with van der Waals surface area (Å²) < 4.78 is 0.522. The number of thioether (sulfide) groups is 1. The second-order valence-electron chi connectivity index (χ2n) is 5.35. The van der Waals surface area contributed by atoms with E-state index in [4.69, 9.17) is 12.2 Å². The zero-order chi connectivity index (χ0) is 16.9. The molecule has 1 N–H and O–H groups in total. The highest BCUT2D eigenvalue weighted by molar-refractivity contribution is 8.25. The van der Waals surface area contributed by atoms with Crippen LogP contribution in [0.4, 0.5) is 5.69 Å². The maximum atomic E-state index is 12.6. The van der Waals surface area contributed by atoms with Crippen LogP contribution in [0.15, 0.2) is 60.7 Å². The zero-order valence-electron chi connectivity index (χ0n) is 12.8. The lowest BCUT2D eigenvalue weighted by Gasteiger charge is -2.15. The van der Waals surface area contributed by atoms with E-state index < -0.39 is 0 Å². The van der Waals surface area contributed by atoms with Gasteiger partial charge in [-0.15, -0.1) is 0 Å². The topological polar surface area (TPSA) is 49.4 Å². The normalized spacial score (nSPS) is 17.2. The number of hydrogen-bond donors (Lipinski definition) is 1. The number of carbonyl (C=O) groups excluding carboxylic acids is 2. The minimum atomic E-state index is -0.377. The van der Waals surface area contributed by atoms with Crippen LogP contribution >= 0.6 is 24.0 Å². The molecular weight excluding hydrogens is 340 g/mol. The summed E-state index contributed by atoms with van der Waals surface area (Å²) in [7, 11) is 0. The molecule has 0 spiro atoms. The Labute approximate surface area is 150 Å². The summed E-state index contributed by atoms with van der Waals surface area (Å²) >= 11 is 6.63. The van der Waals surface area contributed by atoms with Gasteiger partial charge in [0.15, 0.2) is 0 Å². The van der Waals surface area contributed by atoms with Crippen molar-refractivity contribution in [2.24, 2.45) is 0 Å². The average molecular weight is 356 g/mol. The molecule has 122 valence electrons. The van der Waals surface area contributed by atoms with E-state index in [9.17, 15) is 9.59 Å². The van der Waals surface area contributed by atoms with Crippen LogP contribution in [0, 0.1) is 0 Å². The Morgan fingerprint density at radius 2 is 1.71 bits per heavy atom. The van der Waals surface area contributed by atoms with Crippen LogP contribution in [0.5, 0.6) is 0 Å². The highest BCUT2D eigenvalue weighted by Gasteiger charge is 2.37. The van der Waals surface area contributed by atoms with Gasteiger partial charge in [-0.05, 0) is 17.7 Å². The van der Waals surface area contributed by atoms with Crippen molar-refractivity contribution in [3.05, 3.63) is 66.2 Å². The molecule has 0 radical (unpaired) electrons. The second-order valence-corrected chi connectivity index (χ2v) is 7.18. The fourth-order valence-electron chi connectivity index (χ4n) is 2.45. The molecule has 1 fully saturated rings. The number of nitrogens with zero attached hydrogens (tertiary/aromatic N) is 1. The molecule has 1 saturated heterocycles. The monoisotopic (exact) mass is 356 g/mol. The lowest BCUT2D eigenvalue weighted by Crippen LogP contribution is -2.38. The van der Waals surface area contributed by atoms with Crippen LogP contribution in [0.1, 0.15) is 5.56 Å². The molecule has 2 aromatic carbocycles. The van der Waals surface area contributed by atoms with Crippen molar-refractivity contribution in [2.45, 2.75) is 11.7 Å². The summed E-state index contributed by atoms with van der Waals surface area (Å²) in [6.45, 7) is 0.276. The van der Waals surface area contributed by atoms with Crippen LogP contribution in [-0.4, -0.2) is 27.9 Å². The van der Waals surface area contributed by atoms with Gasteiger partial charge in [-0.25, -0.2) is 0 Å². The van der Waals surface area contributed by atoms with Crippen molar-refractivity contribution in [2.75, 3.05) is 11.4 Å². The molecule has 1 heterocycles. The van der Waals surface area contributed by atoms with E-state index >= 15 is 0 Å². The first-order valence-electron chi connectivity index (χ1n) is 7.55. The molecule has 1 unspecified atom stereocenters. The molecule has 0 aliphatic carbocycles. The molecule has 1 aliphatic heterocycles. The number of rotatable bonds is 5. The molecule has 0 aromatic heterocycles. The average Bonchev–Trinajstić information content (AvgIpc) is 2.88. The standard InChI is InChI=1S/C18H16N2O2S2/c21-16(11-13-7-3-1-4-8-13)19-12-15-17(22)20(18(23)24-15)14-9-5-2-6-10-14/h1-10,15H,11-12H2,(H,19,21). The number of carbonyl (C=O) groups is 2. The molecule has 0 bridgehead atoms. The Hall–Kier alpha value is -2.18. The van der Waals surface area contributed by atoms with Crippen LogP contribution < -0.4 is 10.2 Å². The summed E-state index contributed by atoms with van der Waals surface area (Å²) in [4.78, 5) is 26.1. The van der Waals surface area contributed by atoms with Gasteiger partial charge in [-0.2, -0.15) is 0 Å². The molecule has 2 aromatic rings. The summed E-state index contributed by atoms with van der Waals surface area (Å²) in [6, 6.07) is 18.8. The fraction of sp³-hybridized carbons (Fsp3) is 0.167. The number of hydrogen-bond acceptors (Lipinski definition) is 4. The third-order valence-electron chi connectivity index (χ3n) is 3.63. The van der Waals surface area contributed by atoms with Crippen molar-refractivity contribution in [1.82, 2.24) is 5.32 Å². The lowest BCUT2D eigenvalue weighted by atomic mass is 10.1. The predicted octanol–water partition coefficient (Wildman–Crippen LogP) is 2.78. The molecule has 24 heavy (non-hydrogen) atoms. The number of anilines is 1. The van der Waals surface area contributed by atoms with Gasteiger partial charge >= 0.3 is 0 Å². The van der Waals surface area contributed by atoms with E-state index in [2.05, 4.69) is 5.32 Å². The molecule has 4 nitrogen and oxygen atoms in total. The molecular formula is C18H16N2O2S2. The third-order valence-corrected chi connectivity index (χ3v) is 5.14. The van der Waals surface area contributed by atoms with Crippen LogP contribution in [0.25, 0.3) is 0 Å². The number of para-hydroxylation sites is 1. The fourth-order valence-corrected chi connectivity index (χ4v) is 3.91. The zero-order valence-corrected chi connectivity index (χ0v) is 14.5. The van der Waals surface area contributed by atoms with Crippen LogP contribution in [0.2, 0.25) is 0 Å². The van der Waals surface area contributed by atoms with Gasteiger partial charge in [0.05, 0.1) is 12.1 Å². The van der Waals surface area contributed by atoms with Gasteiger partial charge < -0.3 is 5.32 Å². The molecule has 6 heteroatoms. The number of benzene rings is 2. The third kappa shape index (κ3) is 3.83. The van der Waals surface area contributed by atoms with Crippen LogP contribution in [-0.2, 0) is 16.0 Å². The number of nitrogens with one attached hydrogen (secondary N) is 1. The van der Waals surface area contributed by atoms with Gasteiger partial charge in [0.2, 0.25) is 11.8 Å². The van der Waals surface area contributed by atoms with Crippen molar-refractivity contribution in [1.29, 1.82) is 0 Å². The summed E-state index contributed by atoms with van der Waals surface area (Å²) in [5, 5.41) is 2.45. The Bertz CT molecular complexity index is 750. The Morgan fingerprint density at radius 3 is 2.38 bits per heavy atom. The highest BCUT2D eigenvalue weighted by Crippen LogP contribution is 2.31. The first-order chi connectivity index (χ1) is 11.6. The predicted molar refractivity (Wildman–Crippen MR) is 101 cm³/mol. The van der Waals surface area contributed by atoms with Gasteiger partial charge in [-0.3, -0.25) is 14.5 Å². The Kier molecular flexibility index (Phi) is 5.27. The molecule has 3 rings (SSSR count).